The molecule has 0 bridgehead atoms. The third kappa shape index (κ3) is 1.88. The number of rotatable bonds is 1. The van der Waals surface area contributed by atoms with Gasteiger partial charge in [-0.05, 0) is 33.8 Å². The van der Waals surface area contributed by atoms with E-state index in [2.05, 4.69) is 4.98 Å². The predicted molar refractivity (Wildman–Crippen MR) is 75.9 cm³/mol. The summed E-state index contributed by atoms with van der Waals surface area (Å²) in [5, 5.41) is 0.618. The molecule has 1 aliphatic rings. The van der Waals surface area contributed by atoms with Crippen LogP contribution in [0.2, 0.25) is 5.15 Å². The van der Waals surface area contributed by atoms with E-state index in [9.17, 15) is 0 Å². The molecule has 0 unspecified atom stereocenters. The van der Waals surface area contributed by atoms with Gasteiger partial charge in [-0.2, -0.15) is 0 Å². The standard InChI is InChI=1S/C13H16BClN2O2/c1-12(2)13(3,4)19-14(18-12)9-5-6-10(15)17-8-7-16-11(9)17/h5-8H,1-4H3. The van der Waals surface area contributed by atoms with Gasteiger partial charge in [-0.1, -0.05) is 17.7 Å². The maximum Gasteiger partial charge on any atom is 0.498 e. The molecule has 0 radical (unpaired) electrons. The molecule has 3 rings (SSSR count). The van der Waals surface area contributed by atoms with Crippen LogP contribution < -0.4 is 5.46 Å². The Bertz CT molecular complexity index is 623. The van der Waals surface area contributed by atoms with Gasteiger partial charge in [0.25, 0.3) is 0 Å². The van der Waals surface area contributed by atoms with Gasteiger partial charge in [0.15, 0.2) is 0 Å². The van der Waals surface area contributed by atoms with Crippen LogP contribution in [0.3, 0.4) is 0 Å². The van der Waals surface area contributed by atoms with Gasteiger partial charge in [0, 0.05) is 17.9 Å². The predicted octanol–water partition coefficient (Wildman–Crippen LogP) is 2.29. The van der Waals surface area contributed by atoms with Crippen LogP contribution in [0.4, 0.5) is 0 Å². The van der Waals surface area contributed by atoms with Crippen molar-refractivity contribution in [3.63, 3.8) is 0 Å². The number of aromatic nitrogens is 2. The SMILES string of the molecule is CC1(C)OB(c2ccc(Cl)n3ccnc23)OC1(C)C. The lowest BCUT2D eigenvalue weighted by molar-refractivity contribution is 0.00578. The van der Waals surface area contributed by atoms with E-state index in [1.165, 1.54) is 0 Å². The molecule has 19 heavy (non-hydrogen) atoms. The highest BCUT2D eigenvalue weighted by molar-refractivity contribution is 6.64. The summed E-state index contributed by atoms with van der Waals surface area (Å²) in [4.78, 5) is 4.34. The zero-order valence-electron chi connectivity index (χ0n) is 11.5. The summed E-state index contributed by atoms with van der Waals surface area (Å²) >= 11 is 6.13. The van der Waals surface area contributed by atoms with Gasteiger partial charge in [-0.3, -0.25) is 4.40 Å². The second kappa shape index (κ2) is 3.98. The Morgan fingerprint density at radius 3 is 2.42 bits per heavy atom. The van der Waals surface area contributed by atoms with E-state index in [-0.39, 0.29) is 11.2 Å². The molecular weight excluding hydrogens is 262 g/mol. The molecule has 0 spiro atoms. The molecule has 0 atom stereocenters. The number of nitrogens with zero attached hydrogens (tertiary/aromatic N) is 2. The minimum Gasteiger partial charge on any atom is -0.399 e. The van der Waals surface area contributed by atoms with E-state index < -0.39 is 7.12 Å². The van der Waals surface area contributed by atoms with Crippen molar-refractivity contribution in [3.05, 3.63) is 29.7 Å². The normalized spacial score (nSPS) is 21.2. The number of halogens is 1. The van der Waals surface area contributed by atoms with Crippen molar-refractivity contribution < 1.29 is 9.31 Å². The lowest BCUT2D eigenvalue weighted by Gasteiger charge is -2.32. The summed E-state index contributed by atoms with van der Waals surface area (Å²) in [7, 11) is -0.424. The van der Waals surface area contributed by atoms with Gasteiger partial charge >= 0.3 is 7.12 Å². The molecule has 4 nitrogen and oxygen atoms in total. The Kier molecular flexibility index (Phi) is 2.72. The summed E-state index contributed by atoms with van der Waals surface area (Å²) in [6.07, 6.45) is 3.54. The summed E-state index contributed by atoms with van der Waals surface area (Å²) in [6.45, 7) is 8.13. The lowest BCUT2D eigenvalue weighted by Crippen LogP contribution is -2.41. The quantitative estimate of drug-likeness (QED) is 0.593. The first-order chi connectivity index (χ1) is 8.82. The molecule has 0 saturated carbocycles. The van der Waals surface area contributed by atoms with Gasteiger partial charge < -0.3 is 9.31 Å². The fourth-order valence-corrected chi connectivity index (χ4v) is 2.36. The maximum absolute atomic E-state index is 6.13. The highest BCUT2D eigenvalue weighted by Crippen LogP contribution is 2.36. The Labute approximate surface area is 117 Å². The Balaban J connectivity index is 2.08. The monoisotopic (exact) mass is 278 g/mol. The van der Waals surface area contributed by atoms with Crippen molar-refractivity contribution in [2.75, 3.05) is 0 Å². The molecule has 0 amide bonds. The summed E-state index contributed by atoms with van der Waals surface area (Å²) in [6, 6.07) is 3.74. The molecule has 3 heterocycles. The zero-order valence-corrected chi connectivity index (χ0v) is 12.2. The molecule has 6 heteroatoms. The van der Waals surface area contributed by atoms with E-state index in [1.54, 1.807) is 6.20 Å². The average molecular weight is 279 g/mol. The second-order valence-electron chi connectivity index (χ2n) is 5.82. The number of hydrogen-bond acceptors (Lipinski definition) is 3. The number of imidazole rings is 1. The Hall–Kier alpha value is -1.04. The molecule has 0 N–H and O–H groups in total. The topological polar surface area (TPSA) is 35.8 Å². The van der Waals surface area contributed by atoms with E-state index >= 15 is 0 Å². The smallest absolute Gasteiger partial charge is 0.399 e. The minimum absolute atomic E-state index is 0.360. The highest BCUT2D eigenvalue weighted by Gasteiger charge is 2.52. The molecule has 1 saturated heterocycles. The molecule has 0 aromatic carbocycles. The van der Waals surface area contributed by atoms with Gasteiger partial charge in [-0.15, -0.1) is 0 Å². The summed E-state index contributed by atoms with van der Waals surface area (Å²) < 4.78 is 13.9. The van der Waals surface area contributed by atoms with Crippen molar-refractivity contribution in [2.45, 2.75) is 38.9 Å². The van der Waals surface area contributed by atoms with Crippen LogP contribution in [-0.4, -0.2) is 27.7 Å². The van der Waals surface area contributed by atoms with Crippen molar-refractivity contribution in [1.82, 2.24) is 9.38 Å². The van der Waals surface area contributed by atoms with Crippen molar-refractivity contribution in [2.24, 2.45) is 0 Å². The van der Waals surface area contributed by atoms with Crippen LogP contribution in [0.15, 0.2) is 24.5 Å². The van der Waals surface area contributed by atoms with E-state index in [4.69, 9.17) is 20.9 Å². The first-order valence-corrected chi connectivity index (χ1v) is 6.67. The van der Waals surface area contributed by atoms with E-state index in [1.807, 2.05) is 50.4 Å². The summed E-state index contributed by atoms with van der Waals surface area (Å²) in [5.74, 6) is 0. The van der Waals surface area contributed by atoms with Crippen LogP contribution in [0.25, 0.3) is 5.65 Å². The second-order valence-corrected chi connectivity index (χ2v) is 6.21. The molecule has 1 fully saturated rings. The van der Waals surface area contributed by atoms with Crippen molar-refractivity contribution in [1.29, 1.82) is 0 Å². The number of hydrogen-bond donors (Lipinski definition) is 0. The zero-order chi connectivity index (χ0) is 13.8. The van der Waals surface area contributed by atoms with Crippen molar-refractivity contribution >= 4 is 29.8 Å². The molecule has 2 aromatic rings. The van der Waals surface area contributed by atoms with E-state index in [0.29, 0.717) is 5.15 Å². The largest absolute Gasteiger partial charge is 0.498 e. The number of pyridine rings is 1. The Morgan fingerprint density at radius 1 is 1.16 bits per heavy atom. The fraction of sp³-hybridized carbons (Fsp3) is 0.462. The fourth-order valence-electron chi connectivity index (χ4n) is 2.16. The van der Waals surface area contributed by atoms with Gasteiger partial charge in [0.05, 0.1) is 11.2 Å². The Morgan fingerprint density at radius 2 is 1.79 bits per heavy atom. The molecule has 2 aromatic heterocycles. The van der Waals surface area contributed by atoms with Gasteiger partial charge in [0.1, 0.15) is 10.8 Å². The van der Waals surface area contributed by atoms with Gasteiger partial charge in [0.2, 0.25) is 0 Å². The molecular formula is C13H16BClN2O2. The van der Waals surface area contributed by atoms with Crippen LogP contribution in [0, 0.1) is 0 Å². The van der Waals surface area contributed by atoms with Crippen LogP contribution >= 0.6 is 11.6 Å². The number of fused-ring (bicyclic) bond motifs is 1. The van der Waals surface area contributed by atoms with Crippen LogP contribution in [0.5, 0.6) is 0 Å². The minimum atomic E-state index is -0.424. The van der Waals surface area contributed by atoms with E-state index in [0.717, 1.165) is 11.1 Å². The maximum atomic E-state index is 6.13. The first kappa shape index (κ1) is 13.0. The first-order valence-electron chi connectivity index (χ1n) is 6.29. The lowest BCUT2D eigenvalue weighted by atomic mass is 9.80. The molecule has 0 aliphatic carbocycles. The molecule has 1 aliphatic heterocycles. The average Bonchev–Trinajstić information content (AvgIpc) is 2.84. The summed E-state index contributed by atoms with van der Waals surface area (Å²) in [5.41, 5.74) is 0.945. The van der Waals surface area contributed by atoms with Gasteiger partial charge in [-0.25, -0.2) is 4.98 Å². The molecule has 100 valence electrons. The van der Waals surface area contributed by atoms with Crippen LogP contribution in [-0.2, 0) is 9.31 Å². The third-order valence-corrected chi connectivity index (χ3v) is 4.34. The van der Waals surface area contributed by atoms with Crippen molar-refractivity contribution in [3.8, 4) is 0 Å². The third-order valence-electron chi connectivity index (χ3n) is 4.04. The van der Waals surface area contributed by atoms with Crippen LogP contribution in [0.1, 0.15) is 27.7 Å². The highest BCUT2D eigenvalue weighted by atomic mass is 35.5.